The fourth-order valence-electron chi connectivity index (χ4n) is 3.85. The lowest BCUT2D eigenvalue weighted by molar-refractivity contribution is -1.02. The van der Waals surface area contributed by atoms with Crippen molar-refractivity contribution in [3.63, 3.8) is 0 Å². The van der Waals surface area contributed by atoms with E-state index in [9.17, 15) is 9.90 Å². The van der Waals surface area contributed by atoms with Gasteiger partial charge in [0.05, 0.1) is 5.02 Å². The molecule has 3 aromatic rings. The van der Waals surface area contributed by atoms with Gasteiger partial charge in [-0.1, -0.05) is 41.9 Å². The molecule has 0 bridgehead atoms. The molecular formula is C21H23Cl3N2O3. The van der Waals surface area contributed by atoms with Crippen LogP contribution >= 0.6 is 11.6 Å². The Hall–Kier alpha value is -1.76. The lowest BCUT2D eigenvalue weighted by atomic mass is 10.1. The molecule has 1 saturated heterocycles. The maximum atomic E-state index is 11.9. The average molecular weight is 458 g/mol. The molecule has 0 saturated carbocycles. The summed E-state index contributed by atoms with van der Waals surface area (Å²) in [6.45, 7) is 6.12. The van der Waals surface area contributed by atoms with Crippen LogP contribution in [0.2, 0.25) is 5.02 Å². The molecule has 0 atom stereocenters. The summed E-state index contributed by atoms with van der Waals surface area (Å²) in [5.41, 5.74) is 2.28. The molecule has 1 aromatic heterocycles. The van der Waals surface area contributed by atoms with E-state index in [-0.39, 0.29) is 35.6 Å². The zero-order chi connectivity index (χ0) is 18.8. The van der Waals surface area contributed by atoms with Crippen molar-refractivity contribution in [3.8, 4) is 5.75 Å². The van der Waals surface area contributed by atoms with Gasteiger partial charge >= 0.3 is 5.63 Å². The fourth-order valence-corrected chi connectivity index (χ4v) is 4.01. The highest BCUT2D eigenvalue weighted by Gasteiger charge is 2.24. The number of hydrogen-bond acceptors (Lipinski definition) is 3. The van der Waals surface area contributed by atoms with E-state index in [1.54, 1.807) is 17.0 Å². The summed E-state index contributed by atoms with van der Waals surface area (Å²) in [6.07, 6.45) is 0. The van der Waals surface area contributed by atoms with Gasteiger partial charge in [-0.05, 0) is 6.07 Å². The Morgan fingerprint density at radius 2 is 1.55 bits per heavy atom. The minimum Gasteiger partial charge on any atom is -1.00 e. The highest BCUT2D eigenvalue weighted by molar-refractivity contribution is 6.32. The minimum absolute atomic E-state index is 0. The van der Waals surface area contributed by atoms with Gasteiger partial charge in [0.25, 0.3) is 0 Å². The van der Waals surface area contributed by atoms with E-state index < -0.39 is 5.63 Å². The van der Waals surface area contributed by atoms with Crippen molar-refractivity contribution < 1.29 is 44.1 Å². The van der Waals surface area contributed by atoms with Crippen LogP contribution in [0.4, 0.5) is 0 Å². The van der Waals surface area contributed by atoms with Gasteiger partial charge < -0.3 is 44.1 Å². The largest absolute Gasteiger partial charge is 1.00 e. The van der Waals surface area contributed by atoms with Gasteiger partial charge in [-0.15, -0.1) is 0 Å². The van der Waals surface area contributed by atoms with Crippen LogP contribution in [0.15, 0.2) is 57.7 Å². The van der Waals surface area contributed by atoms with Crippen LogP contribution < -0.4 is 40.2 Å². The summed E-state index contributed by atoms with van der Waals surface area (Å²) in [5, 5.41) is 10.8. The molecule has 0 aliphatic carbocycles. The summed E-state index contributed by atoms with van der Waals surface area (Å²) < 4.78 is 5.22. The first-order chi connectivity index (χ1) is 13.1. The molecule has 2 aromatic carbocycles. The molecule has 0 radical (unpaired) electrons. The summed E-state index contributed by atoms with van der Waals surface area (Å²) in [7, 11) is 0. The Morgan fingerprint density at radius 3 is 2.21 bits per heavy atom. The third-order valence-corrected chi connectivity index (χ3v) is 5.60. The van der Waals surface area contributed by atoms with E-state index in [0.29, 0.717) is 5.58 Å². The summed E-state index contributed by atoms with van der Waals surface area (Å²) >= 11 is 6.06. The molecule has 156 valence electrons. The SMILES string of the molecule is O=c1cc(C[NH+]2CC[NH+](Cc3ccccc3)CC2)c2cc(Cl)c(O)cc2o1.[Cl-].[Cl-]. The topological polar surface area (TPSA) is 59.3 Å². The maximum absolute atomic E-state index is 11.9. The third-order valence-electron chi connectivity index (χ3n) is 5.30. The van der Waals surface area contributed by atoms with Crippen molar-refractivity contribution in [3.05, 3.63) is 75.1 Å². The summed E-state index contributed by atoms with van der Waals surface area (Å²) in [5.74, 6) is -0.0741. The minimum atomic E-state index is -0.396. The van der Waals surface area contributed by atoms with Crippen molar-refractivity contribution in [2.24, 2.45) is 0 Å². The predicted molar refractivity (Wildman–Crippen MR) is 104 cm³/mol. The molecule has 1 fully saturated rings. The molecule has 4 rings (SSSR count). The van der Waals surface area contributed by atoms with Crippen LogP contribution in [-0.2, 0) is 13.1 Å². The second-order valence-electron chi connectivity index (χ2n) is 7.23. The normalized spacial score (nSPS) is 18.7. The molecule has 1 aliphatic rings. The van der Waals surface area contributed by atoms with E-state index in [0.717, 1.165) is 50.2 Å². The van der Waals surface area contributed by atoms with Gasteiger partial charge in [0, 0.05) is 28.6 Å². The lowest BCUT2D eigenvalue weighted by Gasteiger charge is -2.30. The Bertz CT molecular complexity index is 1000. The molecule has 5 nitrogen and oxygen atoms in total. The van der Waals surface area contributed by atoms with Gasteiger partial charge in [0.2, 0.25) is 0 Å². The van der Waals surface area contributed by atoms with Crippen LogP contribution in [0.5, 0.6) is 5.75 Å². The fraction of sp³-hybridized carbons (Fsp3) is 0.286. The van der Waals surface area contributed by atoms with Crippen molar-refractivity contribution >= 4 is 22.6 Å². The zero-order valence-electron chi connectivity index (χ0n) is 15.8. The number of nitrogens with one attached hydrogen (secondary N) is 2. The molecule has 2 heterocycles. The number of rotatable bonds is 4. The van der Waals surface area contributed by atoms with Gasteiger partial charge in [0.1, 0.15) is 50.6 Å². The van der Waals surface area contributed by atoms with Crippen molar-refractivity contribution in [1.29, 1.82) is 0 Å². The molecule has 0 amide bonds. The number of halogens is 3. The highest BCUT2D eigenvalue weighted by Crippen LogP contribution is 2.29. The molecule has 0 unspecified atom stereocenters. The Balaban J connectivity index is 0.00000150. The van der Waals surface area contributed by atoms with Crippen molar-refractivity contribution in [2.75, 3.05) is 26.2 Å². The second-order valence-corrected chi connectivity index (χ2v) is 7.64. The molecule has 3 N–H and O–H groups in total. The highest BCUT2D eigenvalue weighted by atomic mass is 35.5. The van der Waals surface area contributed by atoms with Gasteiger partial charge in [-0.3, -0.25) is 0 Å². The van der Waals surface area contributed by atoms with Crippen molar-refractivity contribution in [1.82, 2.24) is 0 Å². The first kappa shape index (κ1) is 23.5. The third kappa shape index (κ3) is 5.65. The number of fused-ring (bicyclic) bond motifs is 1. The number of aromatic hydroxyl groups is 1. The van der Waals surface area contributed by atoms with Gasteiger partial charge in [0.15, 0.2) is 0 Å². The first-order valence-electron chi connectivity index (χ1n) is 9.25. The van der Waals surface area contributed by atoms with Crippen LogP contribution in [0.25, 0.3) is 11.0 Å². The van der Waals surface area contributed by atoms with Crippen LogP contribution in [0, 0.1) is 0 Å². The van der Waals surface area contributed by atoms with E-state index in [4.69, 9.17) is 16.0 Å². The number of benzene rings is 2. The van der Waals surface area contributed by atoms with Gasteiger partial charge in [-0.2, -0.15) is 0 Å². The first-order valence-corrected chi connectivity index (χ1v) is 9.62. The molecule has 8 heteroatoms. The number of quaternary nitrogens is 2. The molecule has 0 spiro atoms. The monoisotopic (exact) mass is 456 g/mol. The number of phenols is 1. The van der Waals surface area contributed by atoms with E-state index >= 15 is 0 Å². The summed E-state index contributed by atoms with van der Waals surface area (Å²) in [4.78, 5) is 14.9. The van der Waals surface area contributed by atoms with Gasteiger partial charge in [-0.25, -0.2) is 4.79 Å². The standard InChI is InChI=1S/C21H21ClN2O3.2ClH/c22-18-11-17-16(10-21(26)27-20(17)12-19(18)25)14-24-8-6-23(7-9-24)13-15-4-2-1-3-5-15;;/h1-5,10-12,25H,6-9,13-14H2;2*1H. The lowest BCUT2D eigenvalue weighted by Crippen LogP contribution is -3.27. The zero-order valence-corrected chi connectivity index (χ0v) is 18.0. The van der Waals surface area contributed by atoms with Crippen LogP contribution in [0.1, 0.15) is 11.1 Å². The molecule has 29 heavy (non-hydrogen) atoms. The van der Waals surface area contributed by atoms with E-state index in [2.05, 4.69) is 24.3 Å². The Labute approximate surface area is 186 Å². The maximum Gasteiger partial charge on any atom is 0.336 e. The average Bonchev–Trinajstić information content (AvgIpc) is 2.66. The second kappa shape index (κ2) is 10.3. The number of hydrogen-bond donors (Lipinski definition) is 3. The van der Waals surface area contributed by atoms with E-state index in [1.165, 1.54) is 16.5 Å². The quantitative estimate of drug-likeness (QED) is 0.343. The predicted octanol–water partition coefficient (Wildman–Crippen LogP) is -5.36. The van der Waals surface area contributed by atoms with Crippen LogP contribution in [-0.4, -0.2) is 31.3 Å². The molecule has 1 aliphatic heterocycles. The van der Waals surface area contributed by atoms with Crippen LogP contribution in [0.3, 0.4) is 0 Å². The Morgan fingerprint density at radius 1 is 0.931 bits per heavy atom. The van der Waals surface area contributed by atoms with Crippen molar-refractivity contribution in [2.45, 2.75) is 13.1 Å². The smallest absolute Gasteiger partial charge is 0.336 e. The summed E-state index contributed by atoms with van der Waals surface area (Å²) in [6, 6.07) is 15.2. The number of phenolic OH excluding ortho intramolecular Hbond substituents is 1. The molecular weight excluding hydrogens is 435 g/mol. The van der Waals surface area contributed by atoms with E-state index in [1.807, 2.05) is 6.07 Å². The number of piperazine rings is 1. The Kier molecular flexibility index (Phi) is 8.37.